The quantitative estimate of drug-likeness (QED) is 0.297. The summed E-state index contributed by atoms with van der Waals surface area (Å²) < 4.78 is 5.97. The molecule has 0 unspecified atom stereocenters. The van der Waals surface area contributed by atoms with E-state index in [1.165, 1.54) is 31.1 Å². The SMILES string of the molecule is CN(C)[C@@H]1C(O)=C(C(N)=O)C(=O)[C@@]2(O)C(O)=C3C(=O)c4c(O)cccc4[C@@H](COc4ccccc4)[C@@H]3[C@@H](O)[C@H]12. The fraction of sp³-hybridized carbons (Fsp3) is 0.321. The lowest BCUT2D eigenvalue weighted by molar-refractivity contribution is -0.162. The van der Waals surface area contributed by atoms with Crippen LogP contribution >= 0.6 is 0 Å². The van der Waals surface area contributed by atoms with Crippen LogP contribution in [0, 0.1) is 11.8 Å². The number of hydrogen-bond donors (Lipinski definition) is 6. The van der Waals surface area contributed by atoms with Gasteiger partial charge in [0.25, 0.3) is 5.91 Å². The topological polar surface area (TPSA) is 191 Å². The number of amides is 1. The maximum absolute atomic E-state index is 13.8. The van der Waals surface area contributed by atoms with Crippen LogP contribution in [0.4, 0.5) is 0 Å². The van der Waals surface area contributed by atoms with Crippen molar-refractivity contribution in [2.45, 2.75) is 23.7 Å². The number of phenolic OH excluding ortho intramolecular Hbond substituents is 1. The molecule has 6 atom stereocenters. The Kier molecular flexibility index (Phi) is 6.25. The predicted molar refractivity (Wildman–Crippen MR) is 136 cm³/mol. The van der Waals surface area contributed by atoms with Crippen molar-refractivity contribution < 1.29 is 44.7 Å². The van der Waals surface area contributed by atoms with Gasteiger partial charge in [-0.25, -0.2) is 0 Å². The van der Waals surface area contributed by atoms with Crippen molar-refractivity contribution >= 4 is 17.5 Å². The van der Waals surface area contributed by atoms with Gasteiger partial charge in [-0.05, 0) is 37.9 Å². The van der Waals surface area contributed by atoms with E-state index < -0.39 is 81.4 Å². The van der Waals surface area contributed by atoms with Crippen molar-refractivity contribution in [2.75, 3.05) is 20.7 Å². The smallest absolute Gasteiger partial charge is 0.255 e. The van der Waals surface area contributed by atoms with Gasteiger partial charge in [-0.15, -0.1) is 0 Å². The highest BCUT2D eigenvalue weighted by Crippen LogP contribution is 2.55. The number of carbonyl (C=O) groups excluding carboxylic acids is 3. The Morgan fingerprint density at radius 2 is 1.72 bits per heavy atom. The van der Waals surface area contributed by atoms with Crippen LogP contribution in [0.3, 0.4) is 0 Å². The Hall–Kier alpha value is -4.19. The van der Waals surface area contributed by atoms with Crippen LogP contribution in [-0.4, -0.2) is 86.4 Å². The van der Waals surface area contributed by atoms with Crippen molar-refractivity contribution in [1.82, 2.24) is 4.90 Å². The summed E-state index contributed by atoms with van der Waals surface area (Å²) in [7, 11) is 2.96. The van der Waals surface area contributed by atoms with Gasteiger partial charge in [-0.3, -0.25) is 19.3 Å². The number of aliphatic hydroxyl groups is 4. The van der Waals surface area contributed by atoms with E-state index in [2.05, 4.69) is 0 Å². The Bertz CT molecular complexity index is 1450. The first kappa shape index (κ1) is 26.4. The summed E-state index contributed by atoms with van der Waals surface area (Å²) in [6, 6.07) is 11.8. The van der Waals surface area contributed by atoms with Gasteiger partial charge in [-0.1, -0.05) is 30.3 Å². The third-order valence-electron chi connectivity index (χ3n) is 7.97. The maximum Gasteiger partial charge on any atom is 0.255 e. The fourth-order valence-electron chi connectivity index (χ4n) is 6.30. The molecular weight excluding hydrogens is 508 g/mol. The highest BCUT2D eigenvalue weighted by Gasteiger charge is 2.67. The fourth-order valence-corrected chi connectivity index (χ4v) is 6.30. The number of nitrogens with zero attached hydrogens (tertiary/aromatic N) is 1. The molecule has 0 aromatic heterocycles. The Balaban J connectivity index is 1.75. The summed E-state index contributed by atoms with van der Waals surface area (Å²) in [6.07, 6.45) is -1.71. The summed E-state index contributed by atoms with van der Waals surface area (Å²) in [5, 5.41) is 56.7. The molecule has 39 heavy (non-hydrogen) atoms. The molecule has 2 aromatic carbocycles. The van der Waals surface area contributed by atoms with Gasteiger partial charge in [0.05, 0.1) is 30.2 Å². The van der Waals surface area contributed by atoms with E-state index in [0.29, 0.717) is 11.3 Å². The number of ketones is 2. The van der Waals surface area contributed by atoms with Crippen LogP contribution in [0.25, 0.3) is 0 Å². The summed E-state index contributed by atoms with van der Waals surface area (Å²) in [5.41, 5.74) is 1.10. The second kappa shape index (κ2) is 9.23. The number of rotatable bonds is 5. The number of aliphatic hydroxyl groups excluding tert-OH is 3. The van der Waals surface area contributed by atoms with Gasteiger partial charge in [0, 0.05) is 17.4 Å². The van der Waals surface area contributed by atoms with Gasteiger partial charge >= 0.3 is 0 Å². The van der Waals surface area contributed by atoms with E-state index in [0.717, 1.165) is 0 Å². The van der Waals surface area contributed by atoms with Crippen molar-refractivity contribution in [3.05, 3.63) is 82.3 Å². The van der Waals surface area contributed by atoms with Gasteiger partial charge < -0.3 is 36.0 Å². The summed E-state index contributed by atoms with van der Waals surface area (Å²) in [4.78, 5) is 40.7. The number of primary amides is 1. The van der Waals surface area contributed by atoms with Crippen molar-refractivity contribution in [2.24, 2.45) is 17.6 Å². The highest BCUT2D eigenvalue weighted by atomic mass is 16.5. The average molecular weight is 537 g/mol. The molecular formula is C28H28N2O9. The second-order valence-electron chi connectivity index (χ2n) is 10.2. The Labute approximate surface area is 223 Å². The third-order valence-corrected chi connectivity index (χ3v) is 7.97. The monoisotopic (exact) mass is 536 g/mol. The number of Topliss-reactive ketones (excluding diaryl/α,β-unsaturated/α-hetero) is 2. The number of carbonyl (C=O) groups is 3. The first-order chi connectivity index (χ1) is 18.4. The molecule has 7 N–H and O–H groups in total. The molecule has 3 aliphatic rings. The standard InChI is InChI=1S/C28H28N2O9/c1-30(2)21-20-23(33)17-14(11-39-12-7-4-3-5-8-12)13-9-6-10-15(31)16(13)22(32)18(17)25(35)28(20,38)26(36)19(24(21)34)27(29)37/h3-10,14,17,20-21,23,31,33-35,38H,11H2,1-2H3,(H2,29,37)/t14-,17+,20+,21+,23-,28+/m1/s1. The average Bonchev–Trinajstić information content (AvgIpc) is 2.88. The molecule has 0 spiro atoms. The molecule has 5 rings (SSSR count). The largest absolute Gasteiger partial charge is 0.510 e. The number of ether oxygens (including phenoxy) is 1. The number of aromatic hydroxyl groups is 1. The van der Waals surface area contributed by atoms with E-state index in [4.69, 9.17) is 10.5 Å². The molecule has 0 aliphatic heterocycles. The van der Waals surface area contributed by atoms with E-state index in [9.17, 15) is 39.9 Å². The van der Waals surface area contributed by atoms with E-state index in [-0.39, 0.29) is 12.2 Å². The maximum atomic E-state index is 13.8. The number of nitrogens with two attached hydrogens (primary N) is 1. The molecule has 0 bridgehead atoms. The molecule has 0 radical (unpaired) electrons. The van der Waals surface area contributed by atoms with Gasteiger partial charge in [0.2, 0.25) is 5.78 Å². The Morgan fingerprint density at radius 3 is 2.33 bits per heavy atom. The molecule has 2 aromatic rings. The molecule has 0 saturated heterocycles. The minimum Gasteiger partial charge on any atom is -0.510 e. The van der Waals surface area contributed by atoms with Crippen LogP contribution in [0.2, 0.25) is 0 Å². The number of benzene rings is 2. The summed E-state index contributed by atoms with van der Waals surface area (Å²) >= 11 is 0. The van der Waals surface area contributed by atoms with Gasteiger partial charge in [0.1, 0.15) is 28.6 Å². The zero-order valence-electron chi connectivity index (χ0n) is 21.1. The number of phenols is 1. The summed E-state index contributed by atoms with van der Waals surface area (Å²) in [6.45, 7) is -0.119. The van der Waals surface area contributed by atoms with Crippen LogP contribution in [0.15, 0.2) is 71.2 Å². The van der Waals surface area contributed by atoms with Crippen molar-refractivity contribution in [1.29, 1.82) is 0 Å². The first-order valence-corrected chi connectivity index (χ1v) is 12.3. The Morgan fingerprint density at radius 1 is 1.05 bits per heavy atom. The summed E-state index contributed by atoms with van der Waals surface area (Å²) in [5.74, 6) is -9.12. The van der Waals surface area contributed by atoms with Crippen molar-refractivity contribution in [3.63, 3.8) is 0 Å². The number of para-hydroxylation sites is 1. The van der Waals surface area contributed by atoms with E-state index in [1.54, 1.807) is 36.4 Å². The molecule has 0 fully saturated rings. The molecule has 0 saturated carbocycles. The van der Waals surface area contributed by atoms with E-state index >= 15 is 0 Å². The van der Waals surface area contributed by atoms with Crippen LogP contribution in [-0.2, 0) is 9.59 Å². The molecule has 204 valence electrons. The third kappa shape index (κ3) is 3.65. The minimum absolute atomic E-state index is 0.119. The van der Waals surface area contributed by atoms with Gasteiger partial charge in [0.15, 0.2) is 11.4 Å². The van der Waals surface area contributed by atoms with Crippen LogP contribution in [0.1, 0.15) is 21.8 Å². The predicted octanol–water partition coefficient (Wildman–Crippen LogP) is 0.712. The number of hydrogen-bond acceptors (Lipinski definition) is 10. The molecule has 3 aliphatic carbocycles. The van der Waals surface area contributed by atoms with Crippen molar-refractivity contribution in [3.8, 4) is 11.5 Å². The molecule has 11 heteroatoms. The molecule has 11 nitrogen and oxygen atoms in total. The van der Waals surface area contributed by atoms with Crippen LogP contribution in [0.5, 0.6) is 11.5 Å². The highest BCUT2D eigenvalue weighted by molar-refractivity contribution is 6.25. The molecule has 1 amide bonds. The zero-order chi connectivity index (χ0) is 28.4. The zero-order valence-corrected chi connectivity index (χ0v) is 21.1. The number of fused-ring (bicyclic) bond motifs is 3. The minimum atomic E-state index is -2.97. The lowest BCUT2D eigenvalue weighted by Gasteiger charge is -2.53. The van der Waals surface area contributed by atoms with E-state index in [1.807, 2.05) is 0 Å². The lowest BCUT2D eigenvalue weighted by Crippen LogP contribution is -2.68. The number of likely N-dealkylation sites (N-methyl/N-ethyl adjacent to an activating group) is 1. The normalized spacial score (nSPS) is 30.1. The first-order valence-electron chi connectivity index (χ1n) is 12.3. The van der Waals surface area contributed by atoms with Gasteiger partial charge in [-0.2, -0.15) is 0 Å². The second-order valence-corrected chi connectivity index (χ2v) is 10.2. The lowest BCUT2D eigenvalue weighted by atomic mass is 9.55. The molecule has 0 heterocycles. The van der Waals surface area contributed by atoms with Crippen LogP contribution < -0.4 is 10.5 Å².